The highest BCUT2D eigenvalue weighted by molar-refractivity contribution is 6.12. The molecule has 2 aliphatic heterocycles. The number of hydrogen-bond donors (Lipinski definition) is 0. The Morgan fingerprint density at radius 1 is 1.33 bits per heavy atom. The van der Waals surface area contributed by atoms with Crippen molar-refractivity contribution < 1.29 is 19.1 Å². The van der Waals surface area contributed by atoms with Crippen LogP contribution in [0.1, 0.15) is 6.42 Å². The molecule has 1 fully saturated rings. The summed E-state index contributed by atoms with van der Waals surface area (Å²) in [5.41, 5.74) is 0. The van der Waals surface area contributed by atoms with Crippen LogP contribution in [0, 0.1) is 5.92 Å². The Morgan fingerprint density at radius 3 is 2.86 bits per heavy atom. The third kappa shape index (κ3) is 3.11. The highest BCUT2D eigenvalue weighted by Gasteiger charge is 2.33. The number of carbonyl (C=O) groups is 2. The molecule has 1 aromatic heterocycles. The molecule has 0 aliphatic carbocycles. The minimum Gasteiger partial charge on any atom is -0.486 e. The van der Waals surface area contributed by atoms with Gasteiger partial charge in [-0.05, 0) is 18.6 Å². The lowest BCUT2D eigenvalue weighted by Gasteiger charge is -2.33. The SMILES string of the molecule is O=C1C=CC(=O)N1CC1CCOCC1Oc1cccnc1. The maximum atomic E-state index is 11.7. The Morgan fingerprint density at radius 2 is 2.14 bits per heavy atom. The molecule has 110 valence electrons. The topological polar surface area (TPSA) is 68.7 Å². The van der Waals surface area contributed by atoms with Gasteiger partial charge in [0.05, 0.1) is 12.8 Å². The summed E-state index contributed by atoms with van der Waals surface area (Å²) in [6.07, 6.45) is 6.48. The largest absolute Gasteiger partial charge is 0.486 e. The molecule has 2 unspecified atom stereocenters. The third-order valence-corrected chi connectivity index (χ3v) is 3.68. The van der Waals surface area contributed by atoms with E-state index < -0.39 is 0 Å². The molecule has 21 heavy (non-hydrogen) atoms. The minimum absolute atomic E-state index is 0.0618. The Bertz CT molecular complexity index is 540. The van der Waals surface area contributed by atoms with Gasteiger partial charge in [0.25, 0.3) is 11.8 Å². The first-order chi connectivity index (χ1) is 10.2. The average molecular weight is 288 g/mol. The van der Waals surface area contributed by atoms with E-state index in [1.165, 1.54) is 17.1 Å². The molecule has 0 N–H and O–H groups in total. The summed E-state index contributed by atoms with van der Waals surface area (Å²) >= 11 is 0. The first-order valence-corrected chi connectivity index (χ1v) is 6.92. The van der Waals surface area contributed by atoms with Crippen LogP contribution in [0.2, 0.25) is 0 Å². The number of amides is 2. The molecule has 1 saturated heterocycles. The van der Waals surface area contributed by atoms with E-state index in [9.17, 15) is 9.59 Å². The van der Waals surface area contributed by atoms with Gasteiger partial charge in [-0.25, -0.2) is 0 Å². The third-order valence-electron chi connectivity index (χ3n) is 3.68. The molecule has 0 saturated carbocycles. The molecule has 2 atom stereocenters. The van der Waals surface area contributed by atoms with Crippen molar-refractivity contribution >= 4 is 11.8 Å². The number of nitrogens with zero attached hydrogens (tertiary/aromatic N) is 2. The lowest BCUT2D eigenvalue weighted by atomic mass is 9.96. The minimum atomic E-state index is -0.258. The fourth-order valence-electron chi connectivity index (χ4n) is 2.53. The Labute approximate surface area is 122 Å². The lowest BCUT2D eigenvalue weighted by Crippen LogP contribution is -2.45. The van der Waals surface area contributed by atoms with Crippen molar-refractivity contribution in [3.05, 3.63) is 36.7 Å². The summed E-state index contributed by atoms with van der Waals surface area (Å²) < 4.78 is 11.3. The highest BCUT2D eigenvalue weighted by atomic mass is 16.5. The summed E-state index contributed by atoms with van der Waals surface area (Å²) in [7, 11) is 0. The molecule has 0 aromatic carbocycles. The second-order valence-electron chi connectivity index (χ2n) is 5.09. The number of rotatable bonds is 4. The zero-order valence-corrected chi connectivity index (χ0v) is 11.5. The van der Waals surface area contributed by atoms with Gasteiger partial charge in [-0.3, -0.25) is 19.5 Å². The number of aromatic nitrogens is 1. The quantitative estimate of drug-likeness (QED) is 0.766. The zero-order chi connectivity index (χ0) is 14.7. The second-order valence-corrected chi connectivity index (χ2v) is 5.09. The van der Waals surface area contributed by atoms with E-state index in [4.69, 9.17) is 9.47 Å². The average Bonchev–Trinajstić information content (AvgIpc) is 2.82. The molecule has 2 amide bonds. The van der Waals surface area contributed by atoms with E-state index in [-0.39, 0.29) is 23.8 Å². The van der Waals surface area contributed by atoms with Gasteiger partial charge in [-0.15, -0.1) is 0 Å². The van der Waals surface area contributed by atoms with Crippen LogP contribution < -0.4 is 4.74 Å². The van der Waals surface area contributed by atoms with E-state index in [2.05, 4.69) is 4.98 Å². The number of ether oxygens (including phenoxy) is 2. The van der Waals surface area contributed by atoms with Crippen LogP contribution >= 0.6 is 0 Å². The number of hydrogen-bond acceptors (Lipinski definition) is 5. The van der Waals surface area contributed by atoms with Gasteiger partial charge in [0.1, 0.15) is 11.9 Å². The summed E-state index contributed by atoms with van der Waals surface area (Å²) in [5.74, 6) is 0.209. The molecule has 0 bridgehead atoms. The normalized spacial score (nSPS) is 25.4. The van der Waals surface area contributed by atoms with Crippen molar-refractivity contribution in [1.29, 1.82) is 0 Å². The van der Waals surface area contributed by atoms with Crippen molar-refractivity contribution in [3.8, 4) is 5.75 Å². The van der Waals surface area contributed by atoms with Gasteiger partial charge in [-0.1, -0.05) is 0 Å². The molecule has 6 heteroatoms. The van der Waals surface area contributed by atoms with Gasteiger partial charge in [0.15, 0.2) is 0 Å². The molecular formula is C15H16N2O4. The number of imide groups is 1. The van der Waals surface area contributed by atoms with E-state index in [1.54, 1.807) is 18.5 Å². The van der Waals surface area contributed by atoms with Crippen LogP contribution in [-0.2, 0) is 14.3 Å². The van der Waals surface area contributed by atoms with Gasteiger partial charge in [-0.2, -0.15) is 0 Å². The Kier molecular flexibility index (Phi) is 3.96. The van der Waals surface area contributed by atoms with Crippen LogP contribution in [0.5, 0.6) is 5.75 Å². The van der Waals surface area contributed by atoms with Crippen molar-refractivity contribution in [3.63, 3.8) is 0 Å². The molecule has 0 radical (unpaired) electrons. The predicted octanol–water partition coefficient (Wildman–Crippen LogP) is 0.790. The summed E-state index contributed by atoms with van der Waals surface area (Å²) in [4.78, 5) is 28.6. The molecule has 3 rings (SSSR count). The smallest absolute Gasteiger partial charge is 0.253 e. The molecule has 1 aromatic rings. The van der Waals surface area contributed by atoms with E-state index >= 15 is 0 Å². The van der Waals surface area contributed by atoms with E-state index in [0.717, 1.165) is 6.42 Å². The first kappa shape index (κ1) is 13.8. The van der Waals surface area contributed by atoms with Crippen LogP contribution in [0.3, 0.4) is 0 Å². The predicted molar refractivity (Wildman–Crippen MR) is 73.4 cm³/mol. The lowest BCUT2D eigenvalue weighted by molar-refractivity contribution is -0.139. The summed E-state index contributed by atoms with van der Waals surface area (Å²) in [5, 5.41) is 0. The Balaban J connectivity index is 1.67. The molecule has 0 spiro atoms. The van der Waals surface area contributed by atoms with Crippen molar-refractivity contribution in [2.45, 2.75) is 12.5 Å². The van der Waals surface area contributed by atoms with Crippen LogP contribution in [0.4, 0.5) is 0 Å². The summed E-state index contributed by atoms with van der Waals surface area (Å²) in [6.45, 7) is 1.42. The standard InChI is InChI=1S/C15H16N2O4/c18-14-3-4-15(19)17(14)9-11-5-7-20-10-13(11)21-12-2-1-6-16-8-12/h1-4,6,8,11,13H,5,7,9-10H2. The fourth-order valence-corrected chi connectivity index (χ4v) is 2.53. The summed E-state index contributed by atoms with van der Waals surface area (Å²) in [6, 6.07) is 3.62. The Hall–Kier alpha value is -2.21. The zero-order valence-electron chi connectivity index (χ0n) is 11.5. The van der Waals surface area contributed by atoms with Gasteiger partial charge in [0, 0.05) is 37.4 Å². The molecule has 2 aliphatic rings. The van der Waals surface area contributed by atoms with Crippen LogP contribution in [-0.4, -0.2) is 47.6 Å². The molecular weight excluding hydrogens is 272 g/mol. The van der Waals surface area contributed by atoms with Crippen molar-refractivity contribution in [1.82, 2.24) is 9.88 Å². The monoisotopic (exact) mass is 288 g/mol. The van der Waals surface area contributed by atoms with Gasteiger partial charge >= 0.3 is 0 Å². The molecule has 6 nitrogen and oxygen atoms in total. The van der Waals surface area contributed by atoms with E-state index in [0.29, 0.717) is 25.5 Å². The number of pyridine rings is 1. The maximum absolute atomic E-state index is 11.7. The number of carbonyl (C=O) groups excluding carboxylic acids is 2. The fraction of sp³-hybridized carbons (Fsp3) is 0.400. The van der Waals surface area contributed by atoms with E-state index in [1.807, 2.05) is 6.07 Å². The van der Waals surface area contributed by atoms with Crippen LogP contribution in [0.25, 0.3) is 0 Å². The second kappa shape index (κ2) is 6.05. The highest BCUT2D eigenvalue weighted by Crippen LogP contribution is 2.23. The van der Waals surface area contributed by atoms with Crippen molar-refractivity contribution in [2.24, 2.45) is 5.92 Å². The molecule has 3 heterocycles. The first-order valence-electron chi connectivity index (χ1n) is 6.92. The van der Waals surface area contributed by atoms with Crippen LogP contribution in [0.15, 0.2) is 36.7 Å². The maximum Gasteiger partial charge on any atom is 0.253 e. The van der Waals surface area contributed by atoms with Gasteiger partial charge in [0.2, 0.25) is 0 Å². The van der Waals surface area contributed by atoms with Crippen molar-refractivity contribution in [2.75, 3.05) is 19.8 Å². The van der Waals surface area contributed by atoms with Gasteiger partial charge < -0.3 is 9.47 Å².